The average Bonchev–Trinajstić information content (AvgIpc) is 3.21. The highest BCUT2D eigenvalue weighted by Crippen LogP contribution is 2.34. The summed E-state index contributed by atoms with van der Waals surface area (Å²) in [4.78, 5) is 6.39. The Morgan fingerprint density at radius 2 is 1.94 bits per heavy atom. The van der Waals surface area contributed by atoms with E-state index in [9.17, 15) is 13.2 Å². The van der Waals surface area contributed by atoms with Crippen LogP contribution >= 0.6 is 0 Å². The number of alkyl halides is 3. The lowest BCUT2D eigenvalue weighted by molar-refractivity contribution is -0.137. The number of rotatable bonds is 6. The van der Waals surface area contributed by atoms with Crippen molar-refractivity contribution < 1.29 is 13.2 Å². The first-order chi connectivity index (χ1) is 14.8. The number of likely N-dealkylation sites (tertiary alicyclic amines) is 1. The molecule has 1 unspecified atom stereocenters. The summed E-state index contributed by atoms with van der Waals surface area (Å²) in [6.07, 6.45) is 7.54. The van der Waals surface area contributed by atoms with Gasteiger partial charge in [0.05, 0.1) is 5.56 Å². The van der Waals surface area contributed by atoms with Crippen molar-refractivity contribution >= 4 is 17.7 Å². The van der Waals surface area contributed by atoms with Gasteiger partial charge >= 0.3 is 6.18 Å². The molecule has 31 heavy (non-hydrogen) atoms. The highest BCUT2D eigenvalue weighted by Gasteiger charge is 2.33. The first-order valence-electron chi connectivity index (χ1n) is 11.3. The summed E-state index contributed by atoms with van der Waals surface area (Å²) in [5, 5.41) is 7.63. The van der Waals surface area contributed by atoms with Gasteiger partial charge in [0.2, 0.25) is 0 Å². The Bertz CT molecular complexity index is 823. The molecule has 1 saturated carbocycles. The number of allylic oxidation sites excluding steroid dienone is 1. The van der Waals surface area contributed by atoms with E-state index in [1.165, 1.54) is 12.5 Å². The van der Waals surface area contributed by atoms with Crippen molar-refractivity contribution in [3.63, 3.8) is 0 Å². The SMILES string of the molecule is CC(=NCCC1CCCN1C(=N)N)c1ccc(/C=C/C2CCCCC2)c(C(F)(F)F)c1. The van der Waals surface area contributed by atoms with E-state index in [1.807, 2.05) is 11.0 Å². The van der Waals surface area contributed by atoms with Gasteiger partial charge in [0.15, 0.2) is 5.96 Å². The van der Waals surface area contributed by atoms with Gasteiger partial charge in [-0.1, -0.05) is 43.5 Å². The fourth-order valence-corrected chi connectivity index (χ4v) is 4.66. The fraction of sp³-hybridized carbons (Fsp3) is 0.583. The quantitative estimate of drug-likeness (QED) is 0.435. The molecule has 1 aromatic rings. The van der Waals surface area contributed by atoms with Crippen LogP contribution in [-0.2, 0) is 6.18 Å². The van der Waals surface area contributed by atoms with E-state index in [1.54, 1.807) is 25.1 Å². The van der Waals surface area contributed by atoms with Crippen LogP contribution in [0.1, 0.15) is 75.0 Å². The van der Waals surface area contributed by atoms with Crippen LogP contribution in [0.15, 0.2) is 29.3 Å². The molecular formula is C24H33F3N4. The molecule has 2 fully saturated rings. The molecule has 1 heterocycles. The van der Waals surface area contributed by atoms with Crippen molar-refractivity contribution in [1.29, 1.82) is 5.41 Å². The molecule has 1 atom stereocenters. The highest BCUT2D eigenvalue weighted by atomic mass is 19.4. The molecule has 1 aliphatic carbocycles. The van der Waals surface area contributed by atoms with Gasteiger partial charge in [-0.2, -0.15) is 13.2 Å². The zero-order chi connectivity index (χ0) is 22.4. The second kappa shape index (κ2) is 10.3. The maximum Gasteiger partial charge on any atom is 0.417 e. The van der Waals surface area contributed by atoms with Crippen molar-refractivity contribution in [2.75, 3.05) is 13.1 Å². The van der Waals surface area contributed by atoms with Crippen molar-refractivity contribution in [1.82, 2.24) is 4.90 Å². The number of nitrogens with two attached hydrogens (primary N) is 1. The average molecular weight is 435 g/mol. The molecule has 3 N–H and O–H groups in total. The molecule has 1 saturated heterocycles. The Labute approximate surface area is 182 Å². The molecule has 1 aliphatic heterocycles. The summed E-state index contributed by atoms with van der Waals surface area (Å²) in [5.41, 5.74) is 6.32. The first kappa shape index (κ1) is 23.4. The molecule has 4 nitrogen and oxygen atoms in total. The van der Waals surface area contributed by atoms with Crippen LogP contribution in [0.3, 0.4) is 0 Å². The molecular weight excluding hydrogens is 401 g/mol. The molecule has 0 radical (unpaired) electrons. The van der Waals surface area contributed by atoms with E-state index in [2.05, 4.69) is 4.99 Å². The topological polar surface area (TPSA) is 65.5 Å². The van der Waals surface area contributed by atoms with Crippen molar-refractivity contribution in [3.8, 4) is 0 Å². The minimum Gasteiger partial charge on any atom is -0.370 e. The lowest BCUT2D eigenvalue weighted by Crippen LogP contribution is -2.40. The fourth-order valence-electron chi connectivity index (χ4n) is 4.66. The van der Waals surface area contributed by atoms with Crippen LogP contribution in [0.2, 0.25) is 0 Å². The van der Waals surface area contributed by atoms with Crippen LogP contribution in [0.4, 0.5) is 13.2 Å². The summed E-state index contributed by atoms with van der Waals surface area (Å²) in [5.74, 6) is 0.456. The monoisotopic (exact) mass is 434 g/mol. The summed E-state index contributed by atoms with van der Waals surface area (Å²) >= 11 is 0. The van der Waals surface area contributed by atoms with Crippen LogP contribution in [0, 0.1) is 11.3 Å². The van der Waals surface area contributed by atoms with Gasteiger partial charge in [0.25, 0.3) is 0 Å². The minimum absolute atomic E-state index is 0.0786. The van der Waals surface area contributed by atoms with E-state index in [4.69, 9.17) is 11.1 Å². The number of nitrogens with zero attached hydrogens (tertiary/aromatic N) is 2. The highest BCUT2D eigenvalue weighted by molar-refractivity contribution is 5.99. The molecule has 170 valence electrons. The predicted molar refractivity (Wildman–Crippen MR) is 120 cm³/mol. The lowest BCUT2D eigenvalue weighted by atomic mass is 9.88. The molecule has 7 heteroatoms. The Morgan fingerprint density at radius 3 is 2.61 bits per heavy atom. The van der Waals surface area contributed by atoms with Crippen LogP contribution in [0.5, 0.6) is 0 Å². The molecule has 0 amide bonds. The summed E-state index contributed by atoms with van der Waals surface area (Å²) < 4.78 is 41.2. The zero-order valence-corrected chi connectivity index (χ0v) is 18.2. The number of hydrogen-bond donors (Lipinski definition) is 2. The van der Waals surface area contributed by atoms with Crippen LogP contribution < -0.4 is 5.73 Å². The largest absolute Gasteiger partial charge is 0.417 e. The van der Waals surface area contributed by atoms with Crippen molar-refractivity contribution in [3.05, 3.63) is 41.0 Å². The Kier molecular flexibility index (Phi) is 7.79. The predicted octanol–water partition coefficient (Wildman–Crippen LogP) is 5.86. The van der Waals surface area contributed by atoms with Gasteiger partial charge in [0.1, 0.15) is 0 Å². The maximum absolute atomic E-state index is 13.7. The number of hydrogen-bond acceptors (Lipinski definition) is 2. The summed E-state index contributed by atoms with van der Waals surface area (Å²) in [7, 11) is 0. The normalized spacial score (nSPS) is 21.2. The standard InChI is InChI=1S/C24H33F3N4/c1-17(30-14-13-21-8-5-15-31(21)23(28)29)20-12-11-19(22(16-20)24(25,26)27)10-9-18-6-3-2-4-7-18/h9-12,16,18,21H,2-8,13-15H2,1H3,(H3,28,29)/b10-9+,30-17?. The number of halogens is 3. The lowest BCUT2D eigenvalue weighted by Gasteiger charge is -2.24. The third kappa shape index (κ3) is 6.34. The van der Waals surface area contributed by atoms with Crippen LogP contribution in [0.25, 0.3) is 6.08 Å². The Morgan fingerprint density at radius 1 is 1.19 bits per heavy atom. The van der Waals surface area contributed by atoms with Gasteiger partial charge in [-0.15, -0.1) is 0 Å². The number of aliphatic imine (C=N–C) groups is 1. The van der Waals surface area contributed by atoms with E-state index < -0.39 is 11.7 Å². The van der Waals surface area contributed by atoms with E-state index in [0.29, 0.717) is 23.7 Å². The first-order valence-corrected chi connectivity index (χ1v) is 11.3. The second-order valence-electron chi connectivity index (χ2n) is 8.69. The van der Waals surface area contributed by atoms with E-state index >= 15 is 0 Å². The number of nitrogens with one attached hydrogen (secondary N) is 1. The summed E-state index contributed by atoms with van der Waals surface area (Å²) in [6, 6.07) is 4.69. The van der Waals surface area contributed by atoms with E-state index in [0.717, 1.165) is 51.5 Å². The molecule has 0 aromatic heterocycles. The van der Waals surface area contributed by atoms with Gasteiger partial charge < -0.3 is 10.6 Å². The molecule has 3 rings (SSSR count). The van der Waals surface area contributed by atoms with Gasteiger partial charge in [-0.05, 0) is 62.1 Å². The minimum atomic E-state index is -4.41. The van der Waals surface area contributed by atoms with Crippen molar-refractivity contribution in [2.45, 2.75) is 70.5 Å². The smallest absolute Gasteiger partial charge is 0.370 e. The number of guanidine groups is 1. The van der Waals surface area contributed by atoms with Gasteiger partial charge in [0, 0.05) is 24.8 Å². The molecule has 1 aromatic carbocycles. The third-order valence-corrected chi connectivity index (χ3v) is 6.47. The molecule has 0 bridgehead atoms. The zero-order valence-electron chi connectivity index (χ0n) is 18.2. The molecule has 0 spiro atoms. The maximum atomic E-state index is 13.7. The summed E-state index contributed by atoms with van der Waals surface area (Å²) in [6.45, 7) is 3.04. The Hall–Kier alpha value is -2.31. The van der Waals surface area contributed by atoms with Gasteiger partial charge in [-0.25, -0.2) is 0 Å². The Balaban J connectivity index is 1.71. The van der Waals surface area contributed by atoms with Crippen LogP contribution in [-0.4, -0.2) is 35.7 Å². The second-order valence-corrected chi connectivity index (χ2v) is 8.69. The third-order valence-electron chi connectivity index (χ3n) is 6.47. The van der Waals surface area contributed by atoms with Crippen molar-refractivity contribution in [2.24, 2.45) is 16.6 Å². The van der Waals surface area contributed by atoms with Gasteiger partial charge in [-0.3, -0.25) is 10.4 Å². The van der Waals surface area contributed by atoms with E-state index in [-0.39, 0.29) is 17.6 Å². The number of benzene rings is 1. The molecule has 2 aliphatic rings.